The van der Waals surface area contributed by atoms with Gasteiger partial charge >= 0.3 is 0 Å². The number of hydrogen-bond acceptors (Lipinski definition) is 5. The van der Waals surface area contributed by atoms with Crippen molar-refractivity contribution in [3.05, 3.63) is 23.1 Å². The highest BCUT2D eigenvalue weighted by Gasteiger charge is 2.19. The highest BCUT2D eigenvalue weighted by Crippen LogP contribution is 2.39. The van der Waals surface area contributed by atoms with Gasteiger partial charge in [0.2, 0.25) is 0 Å². The number of nitrogens with zero attached hydrogens (tertiary/aromatic N) is 1. The minimum atomic E-state index is 0.814. The van der Waals surface area contributed by atoms with Crippen molar-refractivity contribution in [1.29, 1.82) is 0 Å². The van der Waals surface area contributed by atoms with Gasteiger partial charge < -0.3 is 14.8 Å². The highest BCUT2D eigenvalue weighted by atomic mass is 32.1. The first-order chi connectivity index (χ1) is 8.81. The Labute approximate surface area is 110 Å². The Morgan fingerprint density at radius 2 is 2.17 bits per heavy atom. The summed E-state index contributed by atoms with van der Waals surface area (Å²) in [5.74, 6) is 2.65. The Balaban J connectivity index is 2.08. The molecule has 18 heavy (non-hydrogen) atoms. The summed E-state index contributed by atoms with van der Waals surface area (Å²) in [6.45, 7) is 0.990. The molecule has 0 aliphatic carbocycles. The summed E-state index contributed by atoms with van der Waals surface area (Å²) in [6.07, 6.45) is 1.05. The molecular formula is C13H14N2O2S. The van der Waals surface area contributed by atoms with E-state index in [1.54, 1.807) is 25.6 Å². The second-order valence-electron chi connectivity index (χ2n) is 4.03. The lowest BCUT2D eigenvalue weighted by molar-refractivity contribution is 0.404. The van der Waals surface area contributed by atoms with Crippen LogP contribution >= 0.6 is 11.3 Å². The second-order valence-corrected chi connectivity index (χ2v) is 5.12. The highest BCUT2D eigenvalue weighted by molar-refractivity contribution is 7.15. The molecule has 0 saturated carbocycles. The Bertz CT molecular complexity index is 559. The van der Waals surface area contributed by atoms with Gasteiger partial charge in [-0.05, 0) is 18.2 Å². The average Bonchev–Trinajstić information content (AvgIpc) is 2.98. The molecule has 5 heteroatoms. The first kappa shape index (κ1) is 11.3. The number of hydrogen-bond donors (Lipinski definition) is 1. The quantitative estimate of drug-likeness (QED) is 0.923. The number of aromatic nitrogens is 1. The van der Waals surface area contributed by atoms with Crippen molar-refractivity contribution in [3.63, 3.8) is 0 Å². The van der Waals surface area contributed by atoms with Gasteiger partial charge in [-0.1, -0.05) is 0 Å². The summed E-state index contributed by atoms with van der Waals surface area (Å²) in [6, 6.07) is 5.77. The zero-order valence-electron chi connectivity index (χ0n) is 10.3. The number of ether oxygens (including phenoxy) is 2. The molecule has 0 bridgehead atoms. The van der Waals surface area contributed by atoms with E-state index in [0.29, 0.717) is 0 Å². The Kier molecular flexibility index (Phi) is 2.83. The molecule has 94 valence electrons. The van der Waals surface area contributed by atoms with Crippen LogP contribution in [0, 0.1) is 0 Å². The van der Waals surface area contributed by atoms with E-state index >= 15 is 0 Å². The van der Waals surface area contributed by atoms with E-state index in [0.717, 1.165) is 40.9 Å². The number of fused-ring (bicyclic) bond motifs is 1. The smallest absolute Gasteiger partial charge is 0.141 e. The molecule has 0 spiro atoms. The third-order valence-electron chi connectivity index (χ3n) is 2.98. The van der Waals surface area contributed by atoms with Gasteiger partial charge in [-0.25, -0.2) is 4.98 Å². The first-order valence-electron chi connectivity index (χ1n) is 5.78. The Morgan fingerprint density at radius 3 is 2.89 bits per heavy atom. The largest absolute Gasteiger partial charge is 0.497 e. The lowest BCUT2D eigenvalue weighted by Crippen LogP contribution is -1.94. The van der Waals surface area contributed by atoms with Gasteiger partial charge in [-0.2, -0.15) is 0 Å². The fourth-order valence-electron chi connectivity index (χ4n) is 2.05. The van der Waals surface area contributed by atoms with Crippen molar-refractivity contribution in [2.24, 2.45) is 0 Å². The SMILES string of the molecule is COc1ccc(OC)c(-c2nc3c(s2)CCN3)c1. The van der Waals surface area contributed by atoms with Crippen LogP contribution in [0.1, 0.15) is 4.88 Å². The maximum Gasteiger partial charge on any atom is 0.141 e. The Morgan fingerprint density at radius 1 is 1.28 bits per heavy atom. The van der Waals surface area contributed by atoms with Gasteiger partial charge in [0, 0.05) is 13.0 Å². The van der Waals surface area contributed by atoms with E-state index in [9.17, 15) is 0 Å². The fraction of sp³-hybridized carbons (Fsp3) is 0.308. The van der Waals surface area contributed by atoms with Crippen LogP contribution in [-0.2, 0) is 6.42 Å². The lowest BCUT2D eigenvalue weighted by atomic mass is 10.2. The molecule has 0 amide bonds. The standard InChI is InChI=1S/C13H14N2O2S/c1-16-8-3-4-10(17-2)9(7-8)13-15-12-11(18-13)5-6-14-12/h3-4,7,14H,5-6H2,1-2H3. The van der Waals surface area contributed by atoms with Crippen molar-refractivity contribution in [3.8, 4) is 22.1 Å². The molecule has 1 aliphatic rings. The van der Waals surface area contributed by atoms with Crippen LogP contribution in [-0.4, -0.2) is 25.7 Å². The number of methoxy groups -OCH3 is 2. The van der Waals surface area contributed by atoms with Crippen LogP contribution in [0.25, 0.3) is 10.6 Å². The molecule has 1 aromatic carbocycles. The van der Waals surface area contributed by atoms with Gasteiger partial charge in [-0.15, -0.1) is 11.3 Å². The maximum atomic E-state index is 5.39. The number of benzene rings is 1. The van der Waals surface area contributed by atoms with Crippen molar-refractivity contribution in [2.45, 2.75) is 6.42 Å². The predicted octanol–water partition coefficient (Wildman–Crippen LogP) is 2.80. The number of rotatable bonds is 3. The van der Waals surface area contributed by atoms with Crippen LogP contribution in [0.5, 0.6) is 11.5 Å². The van der Waals surface area contributed by atoms with Gasteiger partial charge in [-0.3, -0.25) is 0 Å². The molecule has 0 atom stereocenters. The number of nitrogens with one attached hydrogen (secondary N) is 1. The molecule has 4 nitrogen and oxygen atoms in total. The summed E-state index contributed by atoms with van der Waals surface area (Å²) >= 11 is 1.71. The normalized spacial score (nSPS) is 13.0. The zero-order chi connectivity index (χ0) is 12.5. The number of anilines is 1. The van der Waals surface area contributed by atoms with Crippen LogP contribution < -0.4 is 14.8 Å². The van der Waals surface area contributed by atoms with Crippen molar-refractivity contribution in [2.75, 3.05) is 26.1 Å². The number of thiazole rings is 1. The third-order valence-corrected chi connectivity index (χ3v) is 4.13. The zero-order valence-corrected chi connectivity index (χ0v) is 11.1. The molecule has 1 aliphatic heterocycles. The molecule has 0 saturated heterocycles. The molecule has 2 aromatic rings. The monoisotopic (exact) mass is 262 g/mol. The van der Waals surface area contributed by atoms with Gasteiger partial charge in [0.1, 0.15) is 22.3 Å². The summed E-state index contributed by atoms with van der Waals surface area (Å²) in [4.78, 5) is 5.93. The average molecular weight is 262 g/mol. The van der Waals surface area contributed by atoms with Crippen LogP contribution in [0.3, 0.4) is 0 Å². The molecule has 1 N–H and O–H groups in total. The van der Waals surface area contributed by atoms with E-state index < -0.39 is 0 Å². The van der Waals surface area contributed by atoms with E-state index in [2.05, 4.69) is 10.3 Å². The third kappa shape index (κ3) is 1.80. The lowest BCUT2D eigenvalue weighted by Gasteiger charge is -2.08. The van der Waals surface area contributed by atoms with Gasteiger partial charge in [0.15, 0.2) is 0 Å². The van der Waals surface area contributed by atoms with Crippen LogP contribution in [0.4, 0.5) is 5.82 Å². The molecule has 0 fully saturated rings. The van der Waals surface area contributed by atoms with Crippen molar-refractivity contribution < 1.29 is 9.47 Å². The summed E-state index contributed by atoms with van der Waals surface area (Å²) in [5, 5.41) is 4.26. The maximum absolute atomic E-state index is 5.39. The topological polar surface area (TPSA) is 43.4 Å². The fourth-order valence-corrected chi connectivity index (χ4v) is 3.11. The summed E-state index contributed by atoms with van der Waals surface area (Å²) in [5.41, 5.74) is 0.984. The molecule has 2 heterocycles. The minimum absolute atomic E-state index is 0.814. The predicted molar refractivity (Wildman–Crippen MR) is 72.8 cm³/mol. The van der Waals surface area contributed by atoms with Crippen LogP contribution in [0.2, 0.25) is 0 Å². The summed E-state index contributed by atoms with van der Waals surface area (Å²) < 4.78 is 10.6. The van der Waals surface area contributed by atoms with Crippen molar-refractivity contribution >= 4 is 17.2 Å². The van der Waals surface area contributed by atoms with Crippen molar-refractivity contribution in [1.82, 2.24) is 4.98 Å². The van der Waals surface area contributed by atoms with E-state index in [-0.39, 0.29) is 0 Å². The van der Waals surface area contributed by atoms with Gasteiger partial charge in [0.25, 0.3) is 0 Å². The second kappa shape index (κ2) is 4.49. The summed E-state index contributed by atoms with van der Waals surface area (Å²) in [7, 11) is 3.33. The molecule has 0 radical (unpaired) electrons. The Hall–Kier alpha value is -1.75. The van der Waals surface area contributed by atoms with E-state index in [1.165, 1.54) is 4.88 Å². The molecular weight excluding hydrogens is 248 g/mol. The molecule has 0 unspecified atom stereocenters. The van der Waals surface area contributed by atoms with Gasteiger partial charge in [0.05, 0.1) is 24.7 Å². The first-order valence-corrected chi connectivity index (χ1v) is 6.59. The molecule has 1 aromatic heterocycles. The van der Waals surface area contributed by atoms with Crippen LogP contribution in [0.15, 0.2) is 18.2 Å². The molecule has 3 rings (SSSR count). The van der Waals surface area contributed by atoms with E-state index in [1.807, 2.05) is 18.2 Å². The minimum Gasteiger partial charge on any atom is -0.497 e. The van der Waals surface area contributed by atoms with E-state index in [4.69, 9.17) is 9.47 Å².